The second-order valence-corrected chi connectivity index (χ2v) is 5.15. The molecule has 80 valence electrons. The van der Waals surface area contributed by atoms with Gasteiger partial charge >= 0.3 is 0 Å². The quantitative estimate of drug-likeness (QED) is 0.558. The van der Waals surface area contributed by atoms with E-state index in [1.165, 1.54) is 0 Å². The van der Waals surface area contributed by atoms with E-state index in [1.807, 2.05) is 0 Å². The summed E-state index contributed by atoms with van der Waals surface area (Å²) in [5, 5.41) is 15.7. The van der Waals surface area contributed by atoms with E-state index in [-0.39, 0.29) is 11.5 Å². The highest BCUT2D eigenvalue weighted by molar-refractivity contribution is 5.80. The normalized spacial score (nSPS) is 35.2. The highest BCUT2D eigenvalue weighted by Gasteiger charge is 2.29. The van der Waals surface area contributed by atoms with E-state index in [9.17, 15) is 0 Å². The predicted octanol–water partition coefficient (Wildman–Crippen LogP) is 0.0847. The summed E-state index contributed by atoms with van der Waals surface area (Å²) in [6.07, 6.45) is 1.60. The third-order valence-corrected chi connectivity index (χ3v) is 2.85. The number of rotatable bonds is 1. The zero-order valence-corrected chi connectivity index (χ0v) is 8.88. The number of nitrogens with zero attached hydrogens (tertiary/aromatic N) is 1. The molecule has 0 aromatic carbocycles. The SMILES string of the molecule is CC1(C)CN=C(NC2CC(O)C2)NC1. The Morgan fingerprint density at radius 2 is 2.21 bits per heavy atom. The molecule has 0 atom stereocenters. The van der Waals surface area contributed by atoms with Crippen molar-refractivity contribution in [3.8, 4) is 0 Å². The summed E-state index contributed by atoms with van der Waals surface area (Å²) in [6.45, 7) is 6.24. The van der Waals surface area contributed by atoms with Gasteiger partial charge in [0.05, 0.1) is 6.10 Å². The Balaban J connectivity index is 1.80. The van der Waals surface area contributed by atoms with Crippen molar-refractivity contribution in [2.75, 3.05) is 13.1 Å². The molecule has 0 amide bonds. The Morgan fingerprint density at radius 3 is 2.71 bits per heavy atom. The molecule has 4 nitrogen and oxygen atoms in total. The van der Waals surface area contributed by atoms with Gasteiger partial charge in [-0.25, -0.2) is 0 Å². The van der Waals surface area contributed by atoms with Crippen LogP contribution in [0.4, 0.5) is 0 Å². The first-order valence-electron chi connectivity index (χ1n) is 5.28. The molecule has 0 unspecified atom stereocenters. The van der Waals surface area contributed by atoms with E-state index in [0.29, 0.717) is 6.04 Å². The molecule has 0 bridgehead atoms. The van der Waals surface area contributed by atoms with Crippen molar-refractivity contribution >= 4 is 5.96 Å². The largest absolute Gasteiger partial charge is 0.393 e. The van der Waals surface area contributed by atoms with E-state index in [0.717, 1.165) is 31.9 Å². The minimum Gasteiger partial charge on any atom is -0.393 e. The van der Waals surface area contributed by atoms with Gasteiger partial charge in [0, 0.05) is 24.5 Å². The van der Waals surface area contributed by atoms with Gasteiger partial charge < -0.3 is 15.7 Å². The summed E-state index contributed by atoms with van der Waals surface area (Å²) >= 11 is 0. The van der Waals surface area contributed by atoms with Crippen molar-refractivity contribution in [1.82, 2.24) is 10.6 Å². The van der Waals surface area contributed by atoms with Gasteiger partial charge in [-0.1, -0.05) is 13.8 Å². The monoisotopic (exact) mass is 197 g/mol. The summed E-state index contributed by atoms with van der Waals surface area (Å²) in [4.78, 5) is 4.44. The first-order valence-corrected chi connectivity index (χ1v) is 5.28. The highest BCUT2D eigenvalue weighted by Crippen LogP contribution is 2.20. The van der Waals surface area contributed by atoms with Crippen LogP contribution in [0.15, 0.2) is 4.99 Å². The van der Waals surface area contributed by atoms with Crippen molar-refractivity contribution in [1.29, 1.82) is 0 Å². The van der Waals surface area contributed by atoms with Gasteiger partial charge in [-0.15, -0.1) is 0 Å². The lowest BCUT2D eigenvalue weighted by Crippen LogP contribution is -2.54. The van der Waals surface area contributed by atoms with Gasteiger partial charge in [0.15, 0.2) is 5.96 Å². The average Bonchev–Trinajstić information content (AvgIpc) is 2.06. The van der Waals surface area contributed by atoms with Crippen LogP contribution in [-0.4, -0.2) is 36.3 Å². The van der Waals surface area contributed by atoms with Crippen LogP contribution in [-0.2, 0) is 0 Å². The fraction of sp³-hybridized carbons (Fsp3) is 0.900. The standard InChI is InChI=1S/C10H19N3O/c1-10(2)5-11-9(12-6-10)13-7-3-8(14)4-7/h7-8,14H,3-6H2,1-2H3,(H2,11,12,13). The molecule has 1 fully saturated rings. The van der Waals surface area contributed by atoms with Crippen LogP contribution < -0.4 is 10.6 Å². The molecule has 0 spiro atoms. The van der Waals surface area contributed by atoms with E-state index >= 15 is 0 Å². The van der Waals surface area contributed by atoms with Crippen molar-refractivity contribution in [3.63, 3.8) is 0 Å². The van der Waals surface area contributed by atoms with E-state index in [4.69, 9.17) is 5.11 Å². The van der Waals surface area contributed by atoms with Crippen molar-refractivity contribution in [2.24, 2.45) is 10.4 Å². The van der Waals surface area contributed by atoms with Crippen LogP contribution in [0, 0.1) is 5.41 Å². The maximum absolute atomic E-state index is 9.13. The molecule has 4 heteroatoms. The van der Waals surface area contributed by atoms with E-state index < -0.39 is 0 Å². The summed E-state index contributed by atoms with van der Waals surface area (Å²) in [6, 6.07) is 0.414. The van der Waals surface area contributed by atoms with Gasteiger partial charge in [-0.2, -0.15) is 0 Å². The van der Waals surface area contributed by atoms with Crippen LogP contribution in [0.25, 0.3) is 0 Å². The number of hydrogen-bond donors (Lipinski definition) is 3. The Kier molecular flexibility index (Phi) is 2.39. The summed E-state index contributed by atoms with van der Waals surface area (Å²) < 4.78 is 0. The lowest BCUT2D eigenvalue weighted by molar-refractivity contribution is 0.0692. The molecule has 0 radical (unpaired) electrons. The maximum atomic E-state index is 9.13. The first kappa shape index (κ1) is 9.77. The molecule has 0 aromatic heterocycles. The minimum atomic E-state index is -0.104. The van der Waals surface area contributed by atoms with Gasteiger partial charge in [-0.05, 0) is 12.8 Å². The zero-order chi connectivity index (χ0) is 10.2. The zero-order valence-electron chi connectivity index (χ0n) is 8.88. The van der Waals surface area contributed by atoms with Crippen LogP contribution in [0.1, 0.15) is 26.7 Å². The topological polar surface area (TPSA) is 56.7 Å². The third-order valence-electron chi connectivity index (χ3n) is 2.85. The smallest absolute Gasteiger partial charge is 0.191 e. The van der Waals surface area contributed by atoms with Crippen LogP contribution in [0.3, 0.4) is 0 Å². The highest BCUT2D eigenvalue weighted by atomic mass is 16.3. The Bertz CT molecular complexity index is 244. The number of nitrogens with one attached hydrogen (secondary N) is 2. The van der Waals surface area contributed by atoms with E-state index in [1.54, 1.807) is 0 Å². The fourth-order valence-electron chi connectivity index (χ4n) is 1.72. The lowest BCUT2D eigenvalue weighted by atomic mass is 9.89. The van der Waals surface area contributed by atoms with Gasteiger partial charge in [0.2, 0.25) is 0 Å². The Morgan fingerprint density at radius 1 is 1.50 bits per heavy atom. The lowest BCUT2D eigenvalue weighted by Gasteiger charge is -2.36. The van der Waals surface area contributed by atoms with Crippen molar-refractivity contribution in [2.45, 2.75) is 38.8 Å². The summed E-state index contributed by atoms with van der Waals surface area (Å²) in [5.74, 6) is 0.904. The average molecular weight is 197 g/mol. The van der Waals surface area contributed by atoms with Gasteiger partial charge in [0.1, 0.15) is 0 Å². The summed E-state index contributed by atoms with van der Waals surface area (Å²) in [5.41, 5.74) is 0.268. The molecule has 0 aromatic rings. The van der Waals surface area contributed by atoms with Crippen LogP contribution in [0.2, 0.25) is 0 Å². The molecular weight excluding hydrogens is 178 g/mol. The minimum absolute atomic E-state index is 0.104. The molecule has 1 aliphatic heterocycles. The molecule has 0 saturated heterocycles. The number of aliphatic hydroxyl groups excluding tert-OH is 1. The van der Waals surface area contributed by atoms with Crippen LogP contribution >= 0.6 is 0 Å². The molecule has 1 heterocycles. The second kappa shape index (κ2) is 3.42. The predicted molar refractivity (Wildman–Crippen MR) is 56.3 cm³/mol. The van der Waals surface area contributed by atoms with Crippen molar-refractivity contribution < 1.29 is 5.11 Å². The molecular formula is C10H19N3O. The Hall–Kier alpha value is -0.770. The number of hydrogen-bond acceptors (Lipinski definition) is 4. The third kappa shape index (κ3) is 2.18. The first-order chi connectivity index (χ1) is 6.55. The molecule has 1 aliphatic carbocycles. The van der Waals surface area contributed by atoms with Gasteiger partial charge in [-0.3, -0.25) is 4.99 Å². The van der Waals surface area contributed by atoms with E-state index in [2.05, 4.69) is 29.5 Å². The number of guanidine groups is 1. The fourth-order valence-corrected chi connectivity index (χ4v) is 1.72. The van der Waals surface area contributed by atoms with Gasteiger partial charge in [0.25, 0.3) is 0 Å². The molecule has 14 heavy (non-hydrogen) atoms. The number of aliphatic imine (C=N–C) groups is 1. The molecule has 2 aliphatic rings. The Labute approximate surface area is 84.8 Å². The number of aliphatic hydroxyl groups is 1. The molecule has 1 saturated carbocycles. The summed E-state index contributed by atoms with van der Waals surface area (Å²) in [7, 11) is 0. The molecule has 3 N–H and O–H groups in total. The van der Waals surface area contributed by atoms with Crippen LogP contribution in [0.5, 0.6) is 0 Å². The molecule has 2 rings (SSSR count). The van der Waals surface area contributed by atoms with Crippen molar-refractivity contribution in [3.05, 3.63) is 0 Å². The maximum Gasteiger partial charge on any atom is 0.191 e. The second-order valence-electron chi connectivity index (χ2n) is 5.15.